The maximum atomic E-state index is 5.91. The van der Waals surface area contributed by atoms with E-state index in [1.165, 1.54) is 55.6 Å². The van der Waals surface area contributed by atoms with Crippen LogP contribution in [0.2, 0.25) is 0 Å². The Morgan fingerprint density at radius 3 is 2.17 bits per heavy atom. The van der Waals surface area contributed by atoms with Crippen LogP contribution in [-0.4, -0.2) is 13.1 Å². The SMILES string of the molecule is Cc1cc(CCl)ccc1N(CC1CC1)CC1CC1. The van der Waals surface area contributed by atoms with E-state index < -0.39 is 0 Å². The van der Waals surface area contributed by atoms with E-state index in [1.807, 2.05) is 0 Å². The summed E-state index contributed by atoms with van der Waals surface area (Å²) in [5, 5.41) is 0. The lowest BCUT2D eigenvalue weighted by Gasteiger charge is -2.27. The van der Waals surface area contributed by atoms with Crippen molar-refractivity contribution >= 4 is 17.3 Å². The molecule has 0 aliphatic heterocycles. The molecular formula is C16H22ClN. The lowest BCUT2D eigenvalue weighted by atomic mass is 10.1. The second-order valence-electron chi connectivity index (χ2n) is 6.05. The Bertz CT molecular complexity index is 407. The quantitative estimate of drug-likeness (QED) is 0.690. The molecule has 2 saturated carbocycles. The topological polar surface area (TPSA) is 3.24 Å². The highest BCUT2D eigenvalue weighted by Crippen LogP contribution is 2.36. The van der Waals surface area contributed by atoms with Crippen molar-refractivity contribution in [1.29, 1.82) is 0 Å². The average Bonchev–Trinajstić information content (AvgIpc) is 3.23. The molecule has 2 heteroatoms. The number of anilines is 1. The third kappa shape index (κ3) is 3.00. The number of benzene rings is 1. The molecule has 18 heavy (non-hydrogen) atoms. The third-order valence-electron chi connectivity index (χ3n) is 4.11. The van der Waals surface area contributed by atoms with E-state index in [-0.39, 0.29) is 0 Å². The van der Waals surface area contributed by atoms with Crippen LogP contribution in [0.15, 0.2) is 18.2 Å². The minimum atomic E-state index is 0.617. The Morgan fingerprint density at radius 1 is 1.11 bits per heavy atom. The van der Waals surface area contributed by atoms with Gasteiger partial charge in [-0.15, -0.1) is 11.6 Å². The Kier molecular flexibility index (Phi) is 3.52. The maximum absolute atomic E-state index is 5.91. The summed E-state index contributed by atoms with van der Waals surface area (Å²) in [6.07, 6.45) is 5.72. The molecule has 0 amide bonds. The van der Waals surface area contributed by atoms with Gasteiger partial charge in [0.2, 0.25) is 0 Å². The molecule has 1 aromatic rings. The van der Waals surface area contributed by atoms with Gasteiger partial charge in [-0.3, -0.25) is 0 Å². The Balaban J connectivity index is 1.77. The second-order valence-corrected chi connectivity index (χ2v) is 6.31. The van der Waals surface area contributed by atoms with Gasteiger partial charge in [0, 0.05) is 24.7 Å². The van der Waals surface area contributed by atoms with Crippen LogP contribution < -0.4 is 4.90 Å². The Labute approximate surface area is 115 Å². The van der Waals surface area contributed by atoms with Crippen molar-refractivity contribution in [2.75, 3.05) is 18.0 Å². The van der Waals surface area contributed by atoms with Gasteiger partial charge in [-0.1, -0.05) is 12.1 Å². The first-order chi connectivity index (χ1) is 8.76. The molecule has 2 fully saturated rings. The van der Waals surface area contributed by atoms with Gasteiger partial charge in [0.1, 0.15) is 0 Å². The molecule has 0 aromatic heterocycles. The van der Waals surface area contributed by atoms with Gasteiger partial charge in [-0.05, 0) is 61.6 Å². The zero-order valence-corrected chi connectivity index (χ0v) is 11.9. The molecule has 2 aliphatic rings. The first-order valence-corrected chi connectivity index (χ1v) is 7.70. The zero-order valence-electron chi connectivity index (χ0n) is 11.2. The van der Waals surface area contributed by atoms with Crippen LogP contribution in [0.3, 0.4) is 0 Å². The molecule has 0 unspecified atom stereocenters. The maximum Gasteiger partial charge on any atom is 0.0474 e. The van der Waals surface area contributed by atoms with Crippen LogP contribution in [0.25, 0.3) is 0 Å². The monoisotopic (exact) mass is 263 g/mol. The number of aryl methyl sites for hydroxylation is 1. The molecule has 0 atom stereocenters. The fourth-order valence-electron chi connectivity index (χ4n) is 2.65. The highest BCUT2D eigenvalue weighted by Gasteiger charge is 2.29. The van der Waals surface area contributed by atoms with Crippen LogP contribution in [0.5, 0.6) is 0 Å². The van der Waals surface area contributed by atoms with Gasteiger partial charge in [-0.2, -0.15) is 0 Å². The fraction of sp³-hybridized carbons (Fsp3) is 0.625. The molecular weight excluding hydrogens is 242 g/mol. The zero-order chi connectivity index (χ0) is 12.5. The number of hydrogen-bond donors (Lipinski definition) is 0. The van der Waals surface area contributed by atoms with Crippen LogP contribution in [0, 0.1) is 18.8 Å². The van der Waals surface area contributed by atoms with Crippen molar-refractivity contribution in [3.8, 4) is 0 Å². The van der Waals surface area contributed by atoms with Crippen molar-refractivity contribution in [1.82, 2.24) is 0 Å². The van der Waals surface area contributed by atoms with Gasteiger partial charge in [0.15, 0.2) is 0 Å². The molecule has 0 N–H and O–H groups in total. The molecule has 98 valence electrons. The van der Waals surface area contributed by atoms with Crippen molar-refractivity contribution in [3.05, 3.63) is 29.3 Å². The molecule has 1 nitrogen and oxygen atoms in total. The van der Waals surface area contributed by atoms with E-state index in [1.54, 1.807) is 0 Å². The van der Waals surface area contributed by atoms with Gasteiger partial charge in [0.05, 0.1) is 0 Å². The Hall–Kier alpha value is -0.690. The third-order valence-corrected chi connectivity index (χ3v) is 4.42. The first kappa shape index (κ1) is 12.3. The summed E-state index contributed by atoms with van der Waals surface area (Å²) in [4.78, 5) is 2.63. The standard InChI is InChI=1S/C16H22ClN/c1-12-8-15(9-17)6-7-16(12)18(10-13-2-3-13)11-14-4-5-14/h6-8,13-14H,2-5,9-11H2,1H3. The summed E-state index contributed by atoms with van der Waals surface area (Å²) in [7, 11) is 0. The van der Waals surface area contributed by atoms with Crippen molar-refractivity contribution in [2.45, 2.75) is 38.5 Å². The van der Waals surface area contributed by atoms with E-state index in [0.717, 1.165) is 11.8 Å². The lowest BCUT2D eigenvalue weighted by molar-refractivity contribution is 0.678. The van der Waals surface area contributed by atoms with Crippen molar-refractivity contribution < 1.29 is 0 Å². The highest BCUT2D eigenvalue weighted by molar-refractivity contribution is 6.17. The van der Waals surface area contributed by atoms with E-state index in [4.69, 9.17) is 11.6 Å². The number of rotatable bonds is 6. The molecule has 3 rings (SSSR count). The van der Waals surface area contributed by atoms with Crippen LogP contribution in [-0.2, 0) is 5.88 Å². The van der Waals surface area contributed by atoms with Gasteiger partial charge in [-0.25, -0.2) is 0 Å². The van der Waals surface area contributed by atoms with Crippen molar-refractivity contribution in [2.24, 2.45) is 11.8 Å². The second kappa shape index (κ2) is 5.13. The molecule has 1 aromatic carbocycles. The summed E-state index contributed by atoms with van der Waals surface area (Å²) in [5.41, 5.74) is 4.05. The molecule has 2 aliphatic carbocycles. The first-order valence-electron chi connectivity index (χ1n) is 7.16. The molecule has 0 heterocycles. The van der Waals surface area contributed by atoms with Gasteiger partial charge >= 0.3 is 0 Å². The van der Waals surface area contributed by atoms with Crippen LogP contribution in [0.1, 0.15) is 36.8 Å². The molecule has 0 spiro atoms. The van der Waals surface area contributed by atoms with E-state index in [9.17, 15) is 0 Å². The van der Waals surface area contributed by atoms with Crippen LogP contribution >= 0.6 is 11.6 Å². The minimum Gasteiger partial charge on any atom is -0.371 e. The summed E-state index contributed by atoms with van der Waals surface area (Å²) in [6.45, 7) is 4.74. The van der Waals surface area contributed by atoms with Crippen molar-refractivity contribution in [3.63, 3.8) is 0 Å². The van der Waals surface area contributed by atoms with E-state index in [0.29, 0.717) is 5.88 Å². The summed E-state index contributed by atoms with van der Waals surface area (Å²) >= 11 is 5.91. The smallest absolute Gasteiger partial charge is 0.0474 e. The minimum absolute atomic E-state index is 0.617. The van der Waals surface area contributed by atoms with E-state index in [2.05, 4.69) is 30.0 Å². The molecule has 0 saturated heterocycles. The highest BCUT2D eigenvalue weighted by atomic mass is 35.5. The number of nitrogens with zero attached hydrogens (tertiary/aromatic N) is 1. The molecule has 0 radical (unpaired) electrons. The normalized spacial score (nSPS) is 19.0. The Morgan fingerprint density at radius 2 is 1.72 bits per heavy atom. The number of hydrogen-bond acceptors (Lipinski definition) is 1. The fourth-order valence-corrected chi connectivity index (χ4v) is 2.82. The molecule has 0 bridgehead atoms. The van der Waals surface area contributed by atoms with E-state index >= 15 is 0 Å². The average molecular weight is 264 g/mol. The van der Waals surface area contributed by atoms with Crippen LogP contribution in [0.4, 0.5) is 5.69 Å². The predicted octanol–water partition coefficient (Wildman–Crippen LogP) is 4.36. The predicted molar refractivity (Wildman–Crippen MR) is 78.4 cm³/mol. The largest absolute Gasteiger partial charge is 0.371 e. The van der Waals surface area contributed by atoms with Gasteiger partial charge < -0.3 is 4.90 Å². The summed E-state index contributed by atoms with van der Waals surface area (Å²) in [5.74, 6) is 2.53. The summed E-state index contributed by atoms with van der Waals surface area (Å²) < 4.78 is 0. The summed E-state index contributed by atoms with van der Waals surface area (Å²) in [6, 6.07) is 6.70. The number of alkyl halides is 1. The number of halogens is 1. The lowest BCUT2D eigenvalue weighted by Crippen LogP contribution is -2.28. The van der Waals surface area contributed by atoms with Gasteiger partial charge in [0.25, 0.3) is 0 Å².